The largest absolute Gasteiger partial charge is 0.353 e. The van der Waals surface area contributed by atoms with E-state index in [0.29, 0.717) is 12.0 Å². The average Bonchev–Trinajstić information content (AvgIpc) is 2.23. The van der Waals surface area contributed by atoms with Crippen LogP contribution in [0.1, 0.15) is 59.8 Å². The molecule has 0 aromatic heterocycles. The van der Waals surface area contributed by atoms with Gasteiger partial charge in [-0.3, -0.25) is 4.79 Å². The average molecular weight is 292 g/mol. The van der Waals surface area contributed by atoms with Crippen LogP contribution >= 0.6 is 15.9 Å². The summed E-state index contributed by atoms with van der Waals surface area (Å²) >= 11 is 3.42. The van der Waals surface area contributed by atoms with Crippen molar-refractivity contribution >= 4 is 21.8 Å². The Morgan fingerprint density at radius 1 is 1.19 bits per heavy atom. The second-order valence-electron chi connectivity index (χ2n) is 4.90. The molecule has 2 unspecified atom stereocenters. The fraction of sp³-hybridized carbons (Fsp3) is 0.923. The Labute approximate surface area is 109 Å². The van der Waals surface area contributed by atoms with E-state index in [1.165, 1.54) is 25.7 Å². The molecule has 0 rings (SSSR count). The van der Waals surface area contributed by atoms with Crippen LogP contribution in [0.15, 0.2) is 0 Å². The maximum atomic E-state index is 11.7. The first-order chi connectivity index (χ1) is 7.49. The summed E-state index contributed by atoms with van der Waals surface area (Å²) in [4.78, 5) is 11.7. The quantitative estimate of drug-likeness (QED) is 0.534. The Hall–Kier alpha value is -0.0500. The zero-order valence-corrected chi connectivity index (χ0v) is 12.6. The summed E-state index contributed by atoms with van der Waals surface area (Å²) in [6.07, 6.45) is 6.14. The summed E-state index contributed by atoms with van der Waals surface area (Å²) in [5, 5.41) is 3.05. The maximum Gasteiger partial charge on any atom is 0.234 e. The van der Waals surface area contributed by atoms with Crippen molar-refractivity contribution < 1.29 is 4.79 Å². The third-order valence-electron chi connectivity index (χ3n) is 2.72. The third-order valence-corrected chi connectivity index (χ3v) is 4.19. The predicted octanol–water partition coefficient (Wildman–Crippen LogP) is 3.88. The molecular formula is C13H26BrNO. The van der Waals surface area contributed by atoms with Gasteiger partial charge in [0.15, 0.2) is 0 Å². The molecule has 0 aliphatic rings. The minimum absolute atomic E-state index is 0.0643. The van der Waals surface area contributed by atoms with E-state index in [1.54, 1.807) is 0 Å². The first kappa shape index (κ1) is 16.0. The lowest BCUT2D eigenvalue weighted by molar-refractivity contribution is -0.121. The Morgan fingerprint density at radius 2 is 1.81 bits per heavy atom. The summed E-state index contributed by atoms with van der Waals surface area (Å²) in [6, 6.07) is 0.295. The van der Waals surface area contributed by atoms with Crippen molar-refractivity contribution in [3.63, 3.8) is 0 Å². The number of hydrogen-bond acceptors (Lipinski definition) is 1. The van der Waals surface area contributed by atoms with Crippen molar-refractivity contribution in [2.24, 2.45) is 5.92 Å². The topological polar surface area (TPSA) is 29.1 Å². The summed E-state index contributed by atoms with van der Waals surface area (Å²) in [7, 11) is 0. The Bertz CT molecular complexity index is 194. The molecule has 0 aromatic rings. The van der Waals surface area contributed by atoms with E-state index in [1.807, 2.05) is 13.8 Å². The molecule has 1 N–H and O–H groups in total. The first-order valence-corrected chi connectivity index (χ1v) is 7.35. The van der Waals surface area contributed by atoms with Crippen LogP contribution in [-0.2, 0) is 4.79 Å². The molecule has 0 saturated carbocycles. The number of rotatable bonds is 8. The number of halogens is 1. The van der Waals surface area contributed by atoms with E-state index in [4.69, 9.17) is 0 Å². The second-order valence-corrected chi connectivity index (χ2v) is 5.89. The lowest BCUT2D eigenvalue weighted by Gasteiger charge is -2.18. The smallest absolute Gasteiger partial charge is 0.234 e. The molecule has 1 amide bonds. The summed E-state index contributed by atoms with van der Waals surface area (Å²) in [5.74, 6) is 0.463. The normalized spacial score (nSPS) is 14.9. The Balaban J connectivity index is 3.69. The highest BCUT2D eigenvalue weighted by Gasteiger charge is 2.19. The molecule has 2 atom stereocenters. The molecular weight excluding hydrogens is 266 g/mol. The van der Waals surface area contributed by atoms with Crippen LogP contribution in [0.25, 0.3) is 0 Å². The minimum atomic E-state index is -0.0643. The van der Waals surface area contributed by atoms with Crippen molar-refractivity contribution in [2.45, 2.75) is 70.7 Å². The fourth-order valence-corrected chi connectivity index (χ4v) is 1.71. The van der Waals surface area contributed by atoms with Crippen LogP contribution in [-0.4, -0.2) is 16.8 Å². The molecule has 3 heteroatoms. The number of carbonyl (C=O) groups excluding carboxylic acids is 1. The van der Waals surface area contributed by atoms with Gasteiger partial charge in [-0.15, -0.1) is 0 Å². The van der Waals surface area contributed by atoms with E-state index in [9.17, 15) is 4.79 Å². The van der Waals surface area contributed by atoms with Gasteiger partial charge in [0, 0.05) is 6.04 Å². The van der Waals surface area contributed by atoms with Gasteiger partial charge in [0.1, 0.15) is 0 Å². The van der Waals surface area contributed by atoms with Gasteiger partial charge in [0.25, 0.3) is 0 Å². The molecule has 0 radical (unpaired) electrons. The molecule has 0 fully saturated rings. The van der Waals surface area contributed by atoms with Gasteiger partial charge >= 0.3 is 0 Å². The van der Waals surface area contributed by atoms with Gasteiger partial charge in [-0.2, -0.15) is 0 Å². The lowest BCUT2D eigenvalue weighted by atomic mass is 10.1. The summed E-state index contributed by atoms with van der Waals surface area (Å²) in [6.45, 7) is 8.39. The van der Waals surface area contributed by atoms with Crippen LogP contribution in [0.3, 0.4) is 0 Å². The first-order valence-electron chi connectivity index (χ1n) is 6.43. The highest BCUT2D eigenvalue weighted by atomic mass is 79.9. The van der Waals surface area contributed by atoms with Gasteiger partial charge in [0.05, 0.1) is 4.83 Å². The molecule has 0 aliphatic carbocycles. The number of carbonyl (C=O) groups is 1. The van der Waals surface area contributed by atoms with Crippen LogP contribution in [0.4, 0.5) is 0 Å². The number of unbranched alkanes of at least 4 members (excludes halogenated alkanes) is 3. The fourth-order valence-electron chi connectivity index (χ4n) is 1.57. The second kappa shape index (κ2) is 9.03. The molecule has 0 aromatic carbocycles. The summed E-state index contributed by atoms with van der Waals surface area (Å²) in [5.41, 5.74) is 0. The van der Waals surface area contributed by atoms with E-state index in [-0.39, 0.29) is 10.7 Å². The molecule has 0 spiro atoms. The molecule has 16 heavy (non-hydrogen) atoms. The van der Waals surface area contributed by atoms with Crippen LogP contribution < -0.4 is 5.32 Å². The third kappa shape index (κ3) is 7.26. The molecule has 0 saturated heterocycles. The Kier molecular flexibility index (Phi) is 9.00. The SMILES string of the molecule is CCCCCCC(C)NC(=O)C(Br)C(C)C. The van der Waals surface area contributed by atoms with Crippen molar-refractivity contribution in [3.8, 4) is 0 Å². The molecule has 0 bridgehead atoms. The maximum absolute atomic E-state index is 11.7. The van der Waals surface area contributed by atoms with E-state index in [0.717, 1.165) is 6.42 Å². The van der Waals surface area contributed by atoms with Crippen LogP contribution in [0, 0.1) is 5.92 Å². The van der Waals surface area contributed by atoms with Gasteiger partial charge in [-0.05, 0) is 19.3 Å². The standard InChI is InChI=1S/C13H26BrNO/c1-5-6-7-8-9-11(4)15-13(16)12(14)10(2)3/h10-12H,5-9H2,1-4H3,(H,15,16). The van der Waals surface area contributed by atoms with E-state index < -0.39 is 0 Å². The van der Waals surface area contributed by atoms with Gasteiger partial charge in [-0.25, -0.2) is 0 Å². The van der Waals surface area contributed by atoms with E-state index >= 15 is 0 Å². The van der Waals surface area contributed by atoms with Crippen molar-refractivity contribution in [3.05, 3.63) is 0 Å². The van der Waals surface area contributed by atoms with E-state index in [2.05, 4.69) is 35.1 Å². The number of hydrogen-bond donors (Lipinski definition) is 1. The molecule has 96 valence electrons. The van der Waals surface area contributed by atoms with Crippen molar-refractivity contribution in [2.75, 3.05) is 0 Å². The lowest BCUT2D eigenvalue weighted by Crippen LogP contribution is -2.39. The predicted molar refractivity (Wildman–Crippen MR) is 73.9 cm³/mol. The van der Waals surface area contributed by atoms with Crippen LogP contribution in [0.2, 0.25) is 0 Å². The Morgan fingerprint density at radius 3 is 2.31 bits per heavy atom. The monoisotopic (exact) mass is 291 g/mol. The highest BCUT2D eigenvalue weighted by Crippen LogP contribution is 2.13. The molecule has 2 nitrogen and oxygen atoms in total. The molecule has 0 heterocycles. The highest BCUT2D eigenvalue weighted by molar-refractivity contribution is 9.10. The van der Waals surface area contributed by atoms with Gasteiger partial charge in [-0.1, -0.05) is 62.4 Å². The van der Waals surface area contributed by atoms with Gasteiger partial charge in [0.2, 0.25) is 5.91 Å². The number of alkyl halides is 1. The van der Waals surface area contributed by atoms with Crippen molar-refractivity contribution in [1.29, 1.82) is 0 Å². The van der Waals surface area contributed by atoms with Crippen LogP contribution in [0.5, 0.6) is 0 Å². The van der Waals surface area contributed by atoms with Crippen molar-refractivity contribution in [1.82, 2.24) is 5.32 Å². The minimum Gasteiger partial charge on any atom is -0.353 e. The summed E-state index contributed by atoms with van der Waals surface area (Å²) < 4.78 is 0. The number of amides is 1. The zero-order valence-electron chi connectivity index (χ0n) is 11.1. The molecule has 0 aliphatic heterocycles. The van der Waals surface area contributed by atoms with Gasteiger partial charge < -0.3 is 5.32 Å². The number of nitrogens with one attached hydrogen (secondary N) is 1. The zero-order chi connectivity index (χ0) is 12.6.